The molecule has 0 saturated carbocycles. The second-order valence-corrected chi connectivity index (χ2v) is 7.17. The number of nitro benzene ring substituents is 1. The molecule has 0 unspecified atom stereocenters. The zero-order valence-corrected chi connectivity index (χ0v) is 13.8. The Morgan fingerprint density at radius 2 is 1.92 bits per heavy atom. The molecule has 1 aliphatic rings. The van der Waals surface area contributed by atoms with Crippen LogP contribution in [-0.4, -0.2) is 45.4 Å². The van der Waals surface area contributed by atoms with Crippen LogP contribution in [-0.2, 0) is 14.8 Å². The Bertz CT molecular complexity index is 701. The number of nitro groups is 1. The van der Waals surface area contributed by atoms with E-state index in [0.717, 1.165) is 32.0 Å². The van der Waals surface area contributed by atoms with Crippen LogP contribution in [0.3, 0.4) is 0 Å². The second-order valence-electron chi connectivity index (χ2n) is 5.44. The Morgan fingerprint density at radius 3 is 2.58 bits per heavy atom. The van der Waals surface area contributed by atoms with Crippen LogP contribution in [0.15, 0.2) is 29.2 Å². The Hall–Kier alpha value is -2.04. The van der Waals surface area contributed by atoms with Crippen molar-refractivity contribution in [1.82, 2.24) is 15.4 Å². The Kier molecular flexibility index (Phi) is 6.23. The van der Waals surface area contributed by atoms with Crippen molar-refractivity contribution in [3.05, 3.63) is 34.4 Å². The van der Waals surface area contributed by atoms with Gasteiger partial charge in [0.15, 0.2) is 4.90 Å². The predicted octanol–water partition coefficient (Wildman–Crippen LogP) is -0.0111. The van der Waals surface area contributed by atoms with Crippen molar-refractivity contribution in [2.75, 3.05) is 26.2 Å². The number of nitrogens with one attached hydrogen (secondary N) is 3. The van der Waals surface area contributed by atoms with E-state index in [0.29, 0.717) is 0 Å². The number of hydrogen-bond acceptors (Lipinski definition) is 6. The largest absolute Gasteiger partial charge is 0.355 e. The summed E-state index contributed by atoms with van der Waals surface area (Å²) < 4.78 is 26.6. The zero-order chi connectivity index (χ0) is 17.6. The lowest BCUT2D eigenvalue weighted by Crippen LogP contribution is -2.41. The van der Waals surface area contributed by atoms with Crippen LogP contribution < -0.4 is 15.4 Å². The number of amides is 1. The third kappa shape index (κ3) is 4.73. The van der Waals surface area contributed by atoms with E-state index in [1.54, 1.807) is 0 Å². The minimum Gasteiger partial charge on any atom is -0.355 e. The second kappa shape index (κ2) is 8.18. The van der Waals surface area contributed by atoms with Crippen molar-refractivity contribution >= 4 is 21.6 Å². The van der Waals surface area contributed by atoms with Crippen LogP contribution in [0.25, 0.3) is 0 Å². The molecule has 0 radical (unpaired) electrons. The van der Waals surface area contributed by atoms with Gasteiger partial charge in [0.1, 0.15) is 0 Å². The fourth-order valence-corrected chi connectivity index (χ4v) is 3.71. The van der Waals surface area contributed by atoms with Crippen molar-refractivity contribution in [2.45, 2.75) is 17.7 Å². The molecule has 24 heavy (non-hydrogen) atoms. The highest BCUT2D eigenvalue weighted by Crippen LogP contribution is 2.22. The molecule has 1 heterocycles. The minimum absolute atomic E-state index is 0.0366. The van der Waals surface area contributed by atoms with Crippen LogP contribution in [0.4, 0.5) is 5.69 Å². The van der Waals surface area contributed by atoms with Gasteiger partial charge in [0.2, 0.25) is 15.9 Å². The van der Waals surface area contributed by atoms with Crippen LogP contribution >= 0.6 is 0 Å². The molecule has 1 aromatic rings. The molecule has 0 bridgehead atoms. The van der Waals surface area contributed by atoms with E-state index < -0.39 is 20.6 Å². The Balaban J connectivity index is 1.87. The van der Waals surface area contributed by atoms with E-state index in [1.807, 2.05) is 0 Å². The molecular weight excluding hydrogens is 336 g/mol. The van der Waals surface area contributed by atoms with Crippen molar-refractivity contribution in [3.63, 3.8) is 0 Å². The van der Waals surface area contributed by atoms with Crippen molar-refractivity contribution in [1.29, 1.82) is 0 Å². The Labute approximate surface area is 140 Å². The first kappa shape index (κ1) is 18.3. The minimum atomic E-state index is -4.01. The maximum Gasteiger partial charge on any atom is 0.289 e. The Morgan fingerprint density at radius 1 is 1.25 bits per heavy atom. The third-order valence-corrected chi connectivity index (χ3v) is 5.29. The molecule has 0 aliphatic carbocycles. The number of nitrogens with zero attached hydrogens (tertiary/aromatic N) is 1. The van der Waals surface area contributed by atoms with Crippen LogP contribution in [0, 0.1) is 16.0 Å². The topological polar surface area (TPSA) is 130 Å². The van der Waals surface area contributed by atoms with E-state index in [-0.39, 0.29) is 29.8 Å². The summed E-state index contributed by atoms with van der Waals surface area (Å²) in [6, 6.07) is 5.12. The predicted molar refractivity (Wildman–Crippen MR) is 86.9 cm³/mol. The maximum atomic E-state index is 12.2. The van der Waals surface area contributed by atoms with Crippen molar-refractivity contribution in [3.8, 4) is 0 Å². The van der Waals surface area contributed by atoms with Crippen molar-refractivity contribution in [2.24, 2.45) is 5.92 Å². The van der Waals surface area contributed by atoms with E-state index in [1.165, 1.54) is 18.2 Å². The molecule has 1 fully saturated rings. The number of benzene rings is 1. The molecule has 1 amide bonds. The normalized spacial score (nSPS) is 15.8. The average molecular weight is 356 g/mol. The molecule has 1 aromatic carbocycles. The van der Waals surface area contributed by atoms with Gasteiger partial charge in [-0.25, -0.2) is 13.1 Å². The lowest BCUT2D eigenvalue weighted by molar-refractivity contribution is -0.387. The van der Waals surface area contributed by atoms with E-state index in [2.05, 4.69) is 15.4 Å². The van der Waals surface area contributed by atoms with Crippen molar-refractivity contribution < 1.29 is 18.1 Å². The molecule has 0 atom stereocenters. The molecule has 0 spiro atoms. The van der Waals surface area contributed by atoms with Crippen LogP contribution in [0.1, 0.15) is 12.8 Å². The van der Waals surface area contributed by atoms with Gasteiger partial charge in [-0.05, 0) is 32.0 Å². The molecule has 132 valence electrons. The van der Waals surface area contributed by atoms with Gasteiger partial charge < -0.3 is 10.6 Å². The molecule has 0 aromatic heterocycles. The quantitative estimate of drug-likeness (QED) is 0.358. The molecular formula is C14H20N4O5S. The zero-order valence-electron chi connectivity index (χ0n) is 13.0. The monoisotopic (exact) mass is 356 g/mol. The standard InChI is InChI=1S/C14H20N4O5S/c19-14(11-5-7-15-8-6-11)16-9-10-17-24(22,23)13-4-2-1-3-12(13)18(20)21/h1-4,11,15,17H,5-10H2,(H,16,19). The van der Waals surface area contributed by atoms with Gasteiger partial charge in [0.05, 0.1) is 4.92 Å². The number of para-hydroxylation sites is 1. The third-order valence-electron chi connectivity index (χ3n) is 3.78. The summed E-state index contributed by atoms with van der Waals surface area (Å²) >= 11 is 0. The summed E-state index contributed by atoms with van der Waals surface area (Å²) in [6.07, 6.45) is 1.52. The van der Waals surface area contributed by atoms with Gasteiger partial charge in [-0.3, -0.25) is 14.9 Å². The van der Waals surface area contributed by atoms with Crippen LogP contribution in [0.2, 0.25) is 0 Å². The van der Waals surface area contributed by atoms with Gasteiger partial charge in [-0.15, -0.1) is 0 Å². The number of hydrogen-bond donors (Lipinski definition) is 3. The van der Waals surface area contributed by atoms with Gasteiger partial charge in [0, 0.05) is 25.1 Å². The van der Waals surface area contributed by atoms with E-state index >= 15 is 0 Å². The summed E-state index contributed by atoms with van der Waals surface area (Å²) in [4.78, 5) is 21.7. The fraction of sp³-hybridized carbons (Fsp3) is 0.500. The number of rotatable bonds is 7. The number of carbonyl (C=O) groups is 1. The molecule has 9 nitrogen and oxygen atoms in total. The SMILES string of the molecule is O=C(NCCNS(=O)(=O)c1ccccc1[N+](=O)[O-])C1CCNCC1. The first-order valence-corrected chi connectivity index (χ1v) is 9.11. The lowest BCUT2D eigenvalue weighted by Gasteiger charge is -2.21. The summed E-state index contributed by atoms with van der Waals surface area (Å²) in [5, 5.41) is 16.8. The smallest absolute Gasteiger partial charge is 0.289 e. The summed E-state index contributed by atoms with van der Waals surface area (Å²) in [5.74, 6) is -0.153. The maximum absolute atomic E-state index is 12.2. The molecule has 1 aliphatic heterocycles. The van der Waals surface area contributed by atoms with Crippen LogP contribution in [0.5, 0.6) is 0 Å². The molecule has 1 saturated heterocycles. The average Bonchev–Trinajstić information content (AvgIpc) is 2.59. The number of carbonyl (C=O) groups excluding carboxylic acids is 1. The summed E-state index contributed by atoms with van der Waals surface area (Å²) in [5.41, 5.74) is -0.483. The first-order chi connectivity index (χ1) is 11.4. The highest BCUT2D eigenvalue weighted by Gasteiger charge is 2.25. The van der Waals surface area contributed by atoms with Gasteiger partial charge in [0.25, 0.3) is 5.69 Å². The molecule has 2 rings (SSSR count). The highest BCUT2D eigenvalue weighted by molar-refractivity contribution is 7.89. The highest BCUT2D eigenvalue weighted by atomic mass is 32.2. The molecule has 10 heteroatoms. The van der Waals surface area contributed by atoms with Gasteiger partial charge in [-0.2, -0.15) is 0 Å². The number of piperidine rings is 1. The van der Waals surface area contributed by atoms with E-state index in [9.17, 15) is 23.3 Å². The summed E-state index contributed by atoms with van der Waals surface area (Å²) in [7, 11) is -4.01. The van der Waals surface area contributed by atoms with Gasteiger partial charge in [-0.1, -0.05) is 12.1 Å². The number of sulfonamides is 1. The van der Waals surface area contributed by atoms with Gasteiger partial charge >= 0.3 is 0 Å². The van der Waals surface area contributed by atoms with E-state index in [4.69, 9.17) is 0 Å². The summed E-state index contributed by atoms with van der Waals surface area (Å²) in [6.45, 7) is 1.68. The lowest BCUT2D eigenvalue weighted by atomic mass is 9.97. The first-order valence-electron chi connectivity index (χ1n) is 7.63. The molecule has 3 N–H and O–H groups in total. The fourth-order valence-electron chi connectivity index (χ4n) is 2.51.